The first-order valence-corrected chi connectivity index (χ1v) is 4.91. The van der Waals surface area contributed by atoms with E-state index in [9.17, 15) is 0 Å². The Morgan fingerprint density at radius 3 is 2.36 bits per heavy atom. The van der Waals surface area contributed by atoms with Gasteiger partial charge in [-0.3, -0.25) is 0 Å². The van der Waals surface area contributed by atoms with Crippen LogP contribution in [0.15, 0.2) is 0 Å². The number of hydrogen-bond acceptors (Lipinski definition) is 1. The quantitative estimate of drug-likeness (QED) is 0.659. The van der Waals surface area contributed by atoms with Crippen molar-refractivity contribution in [1.29, 1.82) is 0 Å². The summed E-state index contributed by atoms with van der Waals surface area (Å²) in [6, 6.07) is 0. The van der Waals surface area contributed by atoms with Gasteiger partial charge in [0.2, 0.25) is 0 Å². The van der Waals surface area contributed by atoms with Crippen LogP contribution >= 0.6 is 0 Å². The Kier molecular flexibility index (Phi) is 1.54. The molecule has 0 amide bonds. The zero-order valence-electron chi connectivity index (χ0n) is 7.64. The third-order valence-electron chi connectivity index (χ3n) is 3.75. The van der Waals surface area contributed by atoms with Gasteiger partial charge < -0.3 is 5.73 Å². The minimum atomic E-state index is 0.619. The Morgan fingerprint density at radius 1 is 1.45 bits per heavy atom. The molecule has 0 aromatic carbocycles. The topological polar surface area (TPSA) is 26.0 Å². The molecule has 0 bridgehead atoms. The van der Waals surface area contributed by atoms with Crippen molar-refractivity contribution in [1.82, 2.24) is 0 Å². The summed E-state index contributed by atoms with van der Waals surface area (Å²) in [7, 11) is 0. The number of hydrogen-bond donors (Lipinski definition) is 1. The summed E-state index contributed by atoms with van der Waals surface area (Å²) in [5.41, 5.74) is 6.46. The highest BCUT2D eigenvalue weighted by molar-refractivity contribution is 5.11. The predicted octanol–water partition coefficient (Wildman–Crippen LogP) is 2.02. The molecule has 2 atom stereocenters. The van der Waals surface area contributed by atoms with Gasteiger partial charge in [-0.1, -0.05) is 13.8 Å². The molecule has 0 saturated heterocycles. The van der Waals surface area contributed by atoms with E-state index in [1.165, 1.54) is 19.3 Å². The van der Waals surface area contributed by atoms with Crippen LogP contribution < -0.4 is 5.73 Å². The maximum Gasteiger partial charge on any atom is -0.00150 e. The molecule has 0 aliphatic heterocycles. The summed E-state index contributed by atoms with van der Waals surface area (Å²) in [6.07, 6.45) is 4.34. The van der Waals surface area contributed by atoms with Crippen molar-refractivity contribution < 1.29 is 0 Å². The summed E-state index contributed by atoms with van der Waals surface area (Å²) >= 11 is 0. The van der Waals surface area contributed by atoms with Gasteiger partial charge in [0.25, 0.3) is 0 Å². The lowest BCUT2D eigenvalue weighted by molar-refractivity contribution is 0.356. The first-order valence-electron chi connectivity index (χ1n) is 4.91. The molecule has 0 radical (unpaired) electrons. The molecule has 2 saturated carbocycles. The normalized spacial score (nSPS) is 43.1. The van der Waals surface area contributed by atoms with E-state index in [4.69, 9.17) is 5.73 Å². The van der Waals surface area contributed by atoms with Crippen LogP contribution in [0.3, 0.4) is 0 Å². The van der Waals surface area contributed by atoms with E-state index in [-0.39, 0.29) is 0 Å². The lowest BCUT2D eigenvalue weighted by atomic mass is 9.92. The molecule has 2 aliphatic rings. The molecule has 64 valence electrons. The largest absolute Gasteiger partial charge is 0.330 e. The van der Waals surface area contributed by atoms with E-state index < -0.39 is 0 Å². The average molecular weight is 153 g/mol. The van der Waals surface area contributed by atoms with Gasteiger partial charge in [-0.25, -0.2) is 0 Å². The van der Waals surface area contributed by atoms with Crippen LogP contribution in [-0.2, 0) is 0 Å². The molecule has 1 heteroatoms. The van der Waals surface area contributed by atoms with Crippen molar-refractivity contribution in [2.45, 2.75) is 33.1 Å². The van der Waals surface area contributed by atoms with E-state index in [2.05, 4.69) is 13.8 Å². The minimum Gasteiger partial charge on any atom is -0.330 e. The van der Waals surface area contributed by atoms with Crippen molar-refractivity contribution >= 4 is 0 Å². The van der Waals surface area contributed by atoms with Crippen LogP contribution in [0.4, 0.5) is 0 Å². The van der Waals surface area contributed by atoms with Crippen LogP contribution in [0.2, 0.25) is 0 Å². The number of rotatable bonds is 3. The van der Waals surface area contributed by atoms with Gasteiger partial charge in [0, 0.05) is 0 Å². The molecule has 2 fully saturated rings. The van der Waals surface area contributed by atoms with E-state index in [1.807, 2.05) is 0 Å². The van der Waals surface area contributed by atoms with Crippen LogP contribution in [0, 0.1) is 23.2 Å². The zero-order chi connectivity index (χ0) is 8.06. The molecule has 2 unspecified atom stereocenters. The fourth-order valence-electron chi connectivity index (χ4n) is 2.78. The zero-order valence-corrected chi connectivity index (χ0v) is 7.64. The third kappa shape index (κ3) is 1.01. The van der Waals surface area contributed by atoms with E-state index in [1.54, 1.807) is 0 Å². The van der Waals surface area contributed by atoms with Gasteiger partial charge in [-0.15, -0.1) is 0 Å². The highest BCUT2D eigenvalue weighted by atomic mass is 14.7. The van der Waals surface area contributed by atoms with Gasteiger partial charge in [-0.2, -0.15) is 0 Å². The van der Waals surface area contributed by atoms with Crippen molar-refractivity contribution in [3.8, 4) is 0 Å². The Labute approximate surface area is 69.4 Å². The van der Waals surface area contributed by atoms with Crippen LogP contribution in [-0.4, -0.2) is 6.54 Å². The maximum absolute atomic E-state index is 5.84. The molecule has 0 spiro atoms. The Hall–Kier alpha value is -0.0400. The monoisotopic (exact) mass is 153 g/mol. The average Bonchev–Trinajstić information content (AvgIpc) is 2.82. The van der Waals surface area contributed by atoms with Crippen LogP contribution in [0.5, 0.6) is 0 Å². The number of nitrogens with two attached hydrogens (primary N) is 1. The molecular weight excluding hydrogens is 134 g/mol. The van der Waals surface area contributed by atoms with E-state index in [0.717, 1.165) is 24.3 Å². The van der Waals surface area contributed by atoms with E-state index >= 15 is 0 Å². The van der Waals surface area contributed by atoms with Crippen LogP contribution in [0.25, 0.3) is 0 Å². The molecule has 0 aromatic rings. The van der Waals surface area contributed by atoms with Gasteiger partial charge in [0.05, 0.1) is 0 Å². The second kappa shape index (κ2) is 2.22. The summed E-state index contributed by atoms with van der Waals surface area (Å²) in [5, 5.41) is 0. The molecule has 0 aromatic heterocycles. The van der Waals surface area contributed by atoms with Gasteiger partial charge in [0.1, 0.15) is 0 Å². The molecule has 2 aliphatic carbocycles. The van der Waals surface area contributed by atoms with Crippen LogP contribution in [0.1, 0.15) is 33.1 Å². The first-order chi connectivity index (χ1) is 5.20. The SMILES string of the molecule is CC(C)C1CC1(CN)C1CC1. The highest BCUT2D eigenvalue weighted by Gasteiger charge is 2.61. The fraction of sp³-hybridized carbons (Fsp3) is 1.00. The molecular formula is C10H19N. The molecule has 2 N–H and O–H groups in total. The molecule has 1 nitrogen and oxygen atoms in total. The van der Waals surface area contributed by atoms with Crippen molar-refractivity contribution in [3.05, 3.63) is 0 Å². The molecule has 2 rings (SSSR count). The first kappa shape index (κ1) is 7.60. The fourth-order valence-corrected chi connectivity index (χ4v) is 2.78. The Balaban J connectivity index is 2.00. The van der Waals surface area contributed by atoms with E-state index in [0.29, 0.717) is 5.41 Å². The smallest absolute Gasteiger partial charge is 0.00150 e. The Bertz CT molecular complexity index is 160. The maximum atomic E-state index is 5.84. The molecule has 11 heavy (non-hydrogen) atoms. The summed E-state index contributed by atoms with van der Waals surface area (Å²) in [4.78, 5) is 0. The minimum absolute atomic E-state index is 0.619. The third-order valence-corrected chi connectivity index (χ3v) is 3.75. The molecule has 0 heterocycles. The predicted molar refractivity (Wildman–Crippen MR) is 47.2 cm³/mol. The highest BCUT2D eigenvalue weighted by Crippen LogP contribution is 2.66. The lowest BCUT2D eigenvalue weighted by Crippen LogP contribution is -2.21. The lowest BCUT2D eigenvalue weighted by Gasteiger charge is -2.15. The van der Waals surface area contributed by atoms with Crippen molar-refractivity contribution in [3.63, 3.8) is 0 Å². The van der Waals surface area contributed by atoms with Gasteiger partial charge in [0.15, 0.2) is 0 Å². The van der Waals surface area contributed by atoms with Gasteiger partial charge >= 0.3 is 0 Å². The van der Waals surface area contributed by atoms with Crippen molar-refractivity contribution in [2.24, 2.45) is 28.9 Å². The second-order valence-electron chi connectivity index (χ2n) is 4.77. The second-order valence-corrected chi connectivity index (χ2v) is 4.77. The summed E-state index contributed by atoms with van der Waals surface area (Å²) in [6.45, 7) is 5.62. The van der Waals surface area contributed by atoms with Gasteiger partial charge in [-0.05, 0) is 49.0 Å². The Morgan fingerprint density at radius 2 is 2.09 bits per heavy atom. The summed E-state index contributed by atoms with van der Waals surface area (Å²) < 4.78 is 0. The summed E-state index contributed by atoms with van der Waals surface area (Å²) in [5.74, 6) is 2.83. The standard InChI is InChI=1S/C10H19N/c1-7(2)9-5-10(9,6-11)8-3-4-8/h7-9H,3-6,11H2,1-2H3. The van der Waals surface area contributed by atoms with Crippen molar-refractivity contribution in [2.75, 3.05) is 6.54 Å².